The van der Waals surface area contributed by atoms with Crippen LogP contribution in [0.3, 0.4) is 0 Å². The van der Waals surface area contributed by atoms with Crippen molar-refractivity contribution < 1.29 is 0 Å². The predicted octanol–water partition coefficient (Wildman–Crippen LogP) is 3.23. The van der Waals surface area contributed by atoms with Crippen molar-refractivity contribution in [1.29, 1.82) is 0 Å². The first-order valence-electron chi connectivity index (χ1n) is 6.97. The lowest BCUT2D eigenvalue weighted by molar-refractivity contribution is 0.515. The van der Waals surface area contributed by atoms with Gasteiger partial charge in [0.2, 0.25) is 0 Å². The van der Waals surface area contributed by atoms with E-state index < -0.39 is 0 Å². The van der Waals surface area contributed by atoms with Crippen molar-refractivity contribution in [3.63, 3.8) is 0 Å². The normalized spacial score (nSPS) is 23.7. The van der Waals surface area contributed by atoms with E-state index in [-0.39, 0.29) is 0 Å². The van der Waals surface area contributed by atoms with Crippen molar-refractivity contribution in [1.82, 2.24) is 5.32 Å². The van der Waals surface area contributed by atoms with Crippen LogP contribution in [0.4, 0.5) is 5.69 Å². The molecule has 3 heteroatoms. The number of halogens is 1. The molecule has 0 amide bonds. The summed E-state index contributed by atoms with van der Waals surface area (Å²) in [6.45, 7) is 5.63. The van der Waals surface area contributed by atoms with Gasteiger partial charge in [0.05, 0.1) is 0 Å². The Labute approximate surface area is 114 Å². The summed E-state index contributed by atoms with van der Waals surface area (Å²) in [5.41, 5.74) is 2.53. The first kappa shape index (κ1) is 12.3. The van der Waals surface area contributed by atoms with Gasteiger partial charge in [0, 0.05) is 29.8 Å². The minimum absolute atomic E-state index is 0.795. The quantitative estimate of drug-likeness (QED) is 0.898. The number of hydrogen-bond acceptors (Lipinski definition) is 2. The molecule has 98 valence electrons. The zero-order chi connectivity index (χ0) is 12.5. The summed E-state index contributed by atoms with van der Waals surface area (Å²) in [6.07, 6.45) is 4.05. The summed E-state index contributed by atoms with van der Waals surface area (Å²) in [4.78, 5) is 2.49. The SMILES string of the molecule is Cc1c(Cl)cccc1N1CCC(CNC2CC2)C1. The van der Waals surface area contributed by atoms with Gasteiger partial charge in [-0.2, -0.15) is 0 Å². The first-order valence-corrected chi connectivity index (χ1v) is 7.35. The number of hydrogen-bond donors (Lipinski definition) is 1. The fourth-order valence-corrected chi connectivity index (χ4v) is 2.95. The highest BCUT2D eigenvalue weighted by molar-refractivity contribution is 6.31. The number of benzene rings is 1. The summed E-state index contributed by atoms with van der Waals surface area (Å²) in [5.74, 6) is 0.795. The van der Waals surface area contributed by atoms with Crippen LogP contribution in [0.1, 0.15) is 24.8 Å². The lowest BCUT2D eigenvalue weighted by Crippen LogP contribution is -2.27. The van der Waals surface area contributed by atoms with Gasteiger partial charge in [0.25, 0.3) is 0 Å². The molecule has 18 heavy (non-hydrogen) atoms. The van der Waals surface area contributed by atoms with Crippen molar-refractivity contribution in [2.75, 3.05) is 24.5 Å². The number of nitrogens with one attached hydrogen (secondary N) is 1. The Hall–Kier alpha value is -0.730. The van der Waals surface area contributed by atoms with E-state index in [0.717, 1.165) is 23.5 Å². The summed E-state index contributed by atoms with van der Waals surface area (Å²) in [7, 11) is 0. The van der Waals surface area contributed by atoms with Crippen molar-refractivity contribution in [2.24, 2.45) is 5.92 Å². The highest BCUT2D eigenvalue weighted by Gasteiger charge is 2.26. The van der Waals surface area contributed by atoms with Gasteiger partial charge < -0.3 is 10.2 Å². The molecule has 1 N–H and O–H groups in total. The molecule has 2 nitrogen and oxygen atoms in total. The maximum Gasteiger partial charge on any atom is 0.0455 e. The molecule has 3 rings (SSSR count). The topological polar surface area (TPSA) is 15.3 Å². The third kappa shape index (κ3) is 2.65. The largest absolute Gasteiger partial charge is 0.371 e. The molecule has 1 saturated carbocycles. The average molecular weight is 265 g/mol. The van der Waals surface area contributed by atoms with Gasteiger partial charge in [-0.05, 0) is 56.3 Å². The van der Waals surface area contributed by atoms with Crippen LogP contribution in [0.25, 0.3) is 0 Å². The predicted molar refractivity (Wildman–Crippen MR) is 77.5 cm³/mol. The van der Waals surface area contributed by atoms with Crippen LogP contribution in [-0.4, -0.2) is 25.7 Å². The maximum atomic E-state index is 6.20. The molecule has 1 aliphatic heterocycles. The Morgan fingerprint density at radius 1 is 1.33 bits per heavy atom. The van der Waals surface area contributed by atoms with E-state index in [1.807, 2.05) is 6.07 Å². The molecule has 0 bridgehead atoms. The van der Waals surface area contributed by atoms with Gasteiger partial charge >= 0.3 is 0 Å². The van der Waals surface area contributed by atoms with Gasteiger partial charge in [-0.25, -0.2) is 0 Å². The highest BCUT2D eigenvalue weighted by Crippen LogP contribution is 2.30. The van der Waals surface area contributed by atoms with Crippen LogP contribution < -0.4 is 10.2 Å². The standard InChI is InChI=1S/C15H21ClN2/c1-11-14(16)3-2-4-15(11)18-8-7-12(10-18)9-17-13-5-6-13/h2-4,12-13,17H,5-10H2,1H3. The molecule has 1 atom stereocenters. The Balaban J connectivity index is 1.61. The molecule has 0 spiro atoms. The minimum atomic E-state index is 0.795. The Bertz CT molecular complexity index is 429. The number of rotatable bonds is 4. The van der Waals surface area contributed by atoms with E-state index in [4.69, 9.17) is 11.6 Å². The Kier molecular flexibility index (Phi) is 3.49. The van der Waals surface area contributed by atoms with Gasteiger partial charge in [-0.3, -0.25) is 0 Å². The third-order valence-corrected chi connectivity index (χ3v) is 4.55. The zero-order valence-electron chi connectivity index (χ0n) is 11.0. The summed E-state index contributed by atoms with van der Waals surface area (Å²) >= 11 is 6.20. The number of nitrogens with zero attached hydrogens (tertiary/aromatic N) is 1. The lowest BCUT2D eigenvalue weighted by atomic mass is 10.1. The lowest BCUT2D eigenvalue weighted by Gasteiger charge is -2.21. The van der Waals surface area contributed by atoms with Crippen LogP contribution in [0.15, 0.2) is 18.2 Å². The molecule has 0 aromatic heterocycles. The van der Waals surface area contributed by atoms with Gasteiger partial charge in [0.1, 0.15) is 0 Å². The molecule has 1 saturated heterocycles. The van der Waals surface area contributed by atoms with Crippen LogP contribution in [0.5, 0.6) is 0 Å². The number of anilines is 1. The second kappa shape index (κ2) is 5.10. The maximum absolute atomic E-state index is 6.20. The van der Waals surface area contributed by atoms with Gasteiger partial charge in [-0.1, -0.05) is 17.7 Å². The van der Waals surface area contributed by atoms with E-state index in [0.29, 0.717) is 0 Å². The monoisotopic (exact) mass is 264 g/mol. The molecule has 1 aromatic rings. The second-order valence-corrected chi connectivity index (χ2v) is 6.07. The molecular formula is C15H21ClN2. The summed E-state index contributed by atoms with van der Waals surface area (Å²) < 4.78 is 0. The van der Waals surface area contributed by atoms with Crippen LogP contribution in [-0.2, 0) is 0 Å². The van der Waals surface area contributed by atoms with Gasteiger partial charge in [0.15, 0.2) is 0 Å². The first-order chi connectivity index (χ1) is 8.74. The van der Waals surface area contributed by atoms with Crippen molar-refractivity contribution in [3.05, 3.63) is 28.8 Å². The summed E-state index contributed by atoms with van der Waals surface area (Å²) in [5, 5.41) is 4.53. The van der Waals surface area contributed by atoms with Crippen molar-refractivity contribution >= 4 is 17.3 Å². The smallest absolute Gasteiger partial charge is 0.0455 e. The Morgan fingerprint density at radius 3 is 2.94 bits per heavy atom. The minimum Gasteiger partial charge on any atom is -0.371 e. The molecular weight excluding hydrogens is 244 g/mol. The van der Waals surface area contributed by atoms with E-state index in [1.54, 1.807) is 0 Å². The van der Waals surface area contributed by atoms with E-state index in [2.05, 4.69) is 29.3 Å². The molecule has 0 radical (unpaired) electrons. The van der Waals surface area contributed by atoms with Gasteiger partial charge in [-0.15, -0.1) is 0 Å². The molecule has 1 aromatic carbocycles. The summed E-state index contributed by atoms with van der Waals surface area (Å²) in [6, 6.07) is 7.05. The van der Waals surface area contributed by atoms with E-state index in [9.17, 15) is 0 Å². The molecule has 1 heterocycles. The molecule has 2 aliphatic rings. The highest BCUT2D eigenvalue weighted by atomic mass is 35.5. The average Bonchev–Trinajstić information content (AvgIpc) is 3.08. The molecule has 1 aliphatic carbocycles. The fourth-order valence-electron chi connectivity index (χ4n) is 2.78. The zero-order valence-corrected chi connectivity index (χ0v) is 11.7. The fraction of sp³-hybridized carbons (Fsp3) is 0.600. The van der Waals surface area contributed by atoms with Crippen molar-refractivity contribution in [2.45, 2.75) is 32.2 Å². The van der Waals surface area contributed by atoms with Crippen LogP contribution >= 0.6 is 11.6 Å². The van der Waals surface area contributed by atoms with Crippen LogP contribution in [0.2, 0.25) is 5.02 Å². The third-order valence-electron chi connectivity index (χ3n) is 4.14. The van der Waals surface area contributed by atoms with Crippen molar-refractivity contribution in [3.8, 4) is 0 Å². The molecule has 2 fully saturated rings. The molecule has 1 unspecified atom stereocenters. The van der Waals surface area contributed by atoms with Crippen LogP contribution in [0, 0.1) is 12.8 Å². The van der Waals surface area contributed by atoms with E-state index in [1.165, 1.54) is 43.6 Å². The second-order valence-electron chi connectivity index (χ2n) is 5.67. The van der Waals surface area contributed by atoms with E-state index >= 15 is 0 Å². The Morgan fingerprint density at radius 2 is 2.17 bits per heavy atom.